The van der Waals surface area contributed by atoms with Gasteiger partial charge in [-0.3, -0.25) is 0 Å². The lowest BCUT2D eigenvalue weighted by Crippen LogP contribution is -2.40. The maximum Gasteiger partial charge on any atom is 0.333 e. The summed E-state index contributed by atoms with van der Waals surface area (Å²) in [6.07, 6.45) is 0. The molecular weight excluding hydrogens is 308 g/mol. The van der Waals surface area contributed by atoms with E-state index in [1.807, 2.05) is 6.07 Å². The fraction of sp³-hybridized carbons (Fsp3) is 0.222. The first kappa shape index (κ1) is 17.5. The van der Waals surface area contributed by atoms with Gasteiger partial charge in [0.05, 0.1) is 24.8 Å². The van der Waals surface area contributed by atoms with E-state index in [0.717, 1.165) is 0 Å². The van der Waals surface area contributed by atoms with Crippen LogP contribution in [0.3, 0.4) is 0 Å². The van der Waals surface area contributed by atoms with Gasteiger partial charge in [0.25, 0.3) is 0 Å². The molecule has 0 aliphatic carbocycles. The summed E-state index contributed by atoms with van der Waals surface area (Å²) in [4.78, 5) is 11.9. The minimum Gasteiger partial charge on any atom is -0.479 e. The number of nitriles is 1. The van der Waals surface area contributed by atoms with Crippen molar-refractivity contribution in [3.63, 3.8) is 0 Å². The quantitative estimate of drug-likeness (QED) is 0.645. The molecular formula is C18H18N2O4. The molecule has 0 fully saturated rings. The summed E-state index contributed by atoms with van der Waals surface area (Å²) in [6, 6.07) is 13.2. The highest BCUT2D eigenvalue weighted by atomic mass is 16.4. The van der Waals surface area contributed by atoms with E-state index in [0.29, 0.717) is 27.9 Å². The predicted molar refractivity (Wildman–Crippen MR) is 88.1 cm³/mol. The molecule has 2 rings (SSSR count). The Balaban J connectivity index is 2.46. The third kappa shape index (κ3) is 3.54. The van der Waals surface area contributed by atoms with Gasteiger partial charge in [-0.25, -0.2) is 4.79 Å². The number of aliphatic hydroxyl groups excluding tert-OH is 2. The minimum absolute atomic E-state index is 0.257. The smallest absolute Gasteiger partial charge is 0.333 e. The van der Waals surface area contributed by atoms with Crippen molar-refractivity contribution in [3.05, 3.63) is 64.7 Å². The van der Waals surface area contributed by atoms with Crippen LogP contribution in [0, 0.1) is 11.3 Å². The summed E-state index contributed by atoms with van der Waals surface area (Å²) in [5.74, 6) is -1.11. The number of benzene rings is 2. The zero-order valence-corrected chi connectivity index (χ0v) is 13.2. The molecule has 6 heteroatoms. The van der Waals surface area contributed by atoms with Crippen LogP contribution < -0.4 is 5.32 Å². The van der Waals surface area contributed by atoms with Gasteiger partial charge in [-0.2, -0.15) is 5.26 Å². The van der Waals surface area contributed by atoms with Crippen LogP contribution >= 0.6 is 0 Å². The standard InChI is InChI=1S/C18H18N2O4/c1-18(17(23)24,20-16-4-2-12(9-19)3-5-16)15-7-13(10-21)6-14(8-15)11-22/h2-8,20-22H,10-11H2,1H3,(H,23,24). The van der Waals surface area contributed by atoms with Crippen molar-refractivity contribution in [1.29, 1.82) is 5.26 Å². The highest BCUT2D eigenvalue weighted by Crippen LogP contribution is 2.29. The minimum atomic E-state index is -1.47. The number of hydrogen-bond acceptors (Lipinski definition) is 5. The van der Waals surface area contributed by atoms with Crippen molar-refractivity contribution in [2.45, 2.75) is 25.7 Å². The Hall–Kier alpha value is -2.88. The van der Waals surface area contributed by atoms with Gasteiger partial charge in [-0.1, -0.05) is 18.2 Å². The summed E-state index contributed by atoms with van der Waals surface area (Å²) in [5.41, 5.74) is 0.996. The van der Waals surface area contributed by atoms with E-state index >= 15 is 0 Å². The molecule has 124 valence electrons. The SMILES string of the molecule is CC(Nc1ccc(C#N)cc1)(C(=O)O)c1cc(CO)cc(CO)c1. The Bertz CT molecular complexity index is 758. The van der Waals surface area contributed by atoms with Crippen molar-refractivity contribution in [2.24, 2.45) is 0 Å². The van der Waals surface area contributed by atoms with Gasteiger partial charge in [-0.05, 0) is 47.9 Å². The van der Waals surface area contributed by atoms with Crippen LogP contribution in [0.5, 0.6) is 0 Å². The van der Waals surface area contributed by atoms with Crippen molar-refractivity contribution in [3.8, 4) is 6.07 Å². The van der Waals surface area contributed by atoms with Crippen molar-refractivity contribution >= 4 is 11.7 Å². The van der Waals surface area contributed by atoms with Gasteiger partial charge in [0.15, 0.2) is 5.54 Å². The first-order valence-corrected chi connectivity index (χ1v) is 7.29. The summed E-state index contributed by atoms with van der Waals surface area (Å²) in [7, 11) is 0. The molecule has 1 unspecified atom stereocenters. The molecule has 2 aromatic rings. The van der Waals surface area contributed by atoms with Crippen LogP contribution in [0.25, 0.3) is 0 Å². The van der Waals surface area contributed by atoms with Gasteiger partial charge >= 0.3 is 5.97 Å². The highest BCUT2D eigenvalue weighted by molar-refractivity contribution is 5.84. The van der Waals surface area contributed by atoms with E-state index in [9.17, 15) is 20.1 Å². The molecule has 4 N–H and O–H groups in total. The molecule has 0 aromatic heterocycles. The Morgan fingerprint density at radius 2 is 1.67 bits per heavy atom. The topological polar surface area (TPSA) is 114 Å². The number of nitrogens with zero attached hydrogens (tertiary/aromatic N) is 1. The average Bonchev–Trinajstić information content (AvgIpc) is 2.61. The molecule has 0 aliphatic heterocycles. The van der Waals surface area contributed by atoms with Crippen LogP contribution in [-0.2, 0) is 23.5 Å². The van der Waals surface area contributed by atoms with Crippen molar-refractivity contribution in [1.82, 2.24) is 0 Å². The van der Waals surface area contributed by atoms with Gasteiger partial charge in [0, 0.05) is 5.69 Å². The first-order chi connectivity index (χ1) is 11.4. The number of carboxylic acids is 1. The number of hydrogen-bond donors (Lipinski definition) is 4. The third-order valence-corrected chi connectivity index (χ3v) is 3.83. The van der Waals surface area contributed by atoms with E-state index in [2.05, 4.69) is 5.32 Å². The number of carboxylic acid groups (broad SMARTS) is 1. The maximum absolute atomic E-state index is 11.9. The molecule has 0 amide bonds. The van der Waals surface area contributed by atoms with Gasteiger partial charge in [-0.15, -0.1) is 0 Å². The van der Waals surface area contributed by atoms with E-state index in [-0.39, 0.29) is 13.2 Å². The van der Waals surface area contributed by atoms with Crippen LogP contribution in [0.4, 0.5) is 5.69 Å². The number of anilines is 1. The molecule has 0 saturated carbocycles. The lowest BCUT2D eigenvalue weighted by Gasteiger charge is -2.29. The zero-order valence-electron chi connectivity index (χ0n) is 13.2. The molecule has 0 aliphatic rings. The largest absolute Gasteiger partial charge is 0.479 e. The van der Waals surface area contributed by atoms with E-state index in [1.54, 1.807) is 42.5 Å². The number of aliphatic carboxylic acids is 1. The number of carbonyl (C=O) groups is 1. The average molecular weight is 326 g/mol. The van der Waals surface area contributed by atoms with E-state index < -0.39 is 11.5 Å². The van der Waals surface area contributed by atoms with Gasteiger partial charge in [0.1, 0.15) is 0 Å². The second kappa shape index (κ2) is 7.13. The zero-order chi connectivity index (χ0) is 17.7. The Morgan fingerprint density at radius 3 is 2.08 bits per heavy atom. The van der Waals surface area contributed by atoms with Crippen LogP contribution in [-0.4, -0.2) is 21.3 Å². The summed E-state index contributed by atoms with van der Waals surface area (Å²) >= 11 is 0. The first-order valence-electron chi connectivity index (χ1n) is 7.29. The molecule has 0 saturated heterocycles. The maximum atomic E-state index is 11.9. The molecule has 6 nitrogen and oxygen atoms in total. The summed E-state index contributed by atoms with van der Waals surface area (Å²) in [6.45, 7) is 0.992. The molecule has 0 radical (unpaired) electrons. The number of rotatable bonds is 6. The Kier molecular flexibility index (Phi) is 5.19. The Morgan fingerprint density at radius 1 is 1.12 bits per heavy atom. The third-order valence-electron chi connectivity index (χ3n) is 3.83. The lowest BCUT2D eigenvalue weighted by atomic mass is 9.89. The molecule has 24 heavy (non-hydrogen) atoms. The lowest BCUT2D eigenvalue weighted by molar-refractivity contribution is -0.142. The molecule has 0 heterocycles. The fourth-order valence-corrected chi connectivity index (χ4v) is 2.40. The van der Waals surface area contributed by atoms with E-state index in [1.165, 1.54) is 6.92 Å². The van der Waals surface area contributed by atoms with Crippen molar-refractivity contribution in [2.75, 3.05) is 5.32 Å². The molecule has 0 bridgehead atoms. The van der Waals surface area contributed by atoms with Gasteiger partial charge in [0.2, 0.25) is 0 Å². The monoisotopic (exact) mass is 326 g/mol. The second-order valence-corrected chi connectivity index (χ2v) is 5.60. The fourth-order valence-electron chi connectivity index (χ4n) is 2.40. The highest BCUT2D eigenvalue weighted by Gasteiger charge is 2.35. The van der Waals surface area contributed by atoms with Crippen LogP contribution in [0.15, 0.2) is 42.5 Å². The molecule has 0 spiro atoms. The molecule has 2 aromatic carbocycles. The van der Waals surface area contributed by atoms with E-state index in [4.69, 9.17) is 5.26 Å². The predicted octanol–water partition coefficient (Wildman–Crippen LogP) is 1.95. The second-order valence-electron chi connectivity index (χ2n) is 5.60. The van der Waals surface area contributed by atoms with Crippen LogP contribution in [0.2, 0.25) is 0 Å². The summed E-state index contributed by atoms with van der Waals surface area (Å²) in [5, 5.41) is 40.2. The molecule has 1 atom stereocenters. The normalized spacial score (nSPS) is 12.9. The van der Waals surface area contributed by atoms with Crippen molar-refractivity contribution < 1.29 is 20.1 Å². The van der Waals surface area contributed by atoms with Crippen LogP contribution in [0.1, 0.15) is 29.2 Å². The number of nitrogens with one attached hydrogen (secondary N) is 1. The Labute approximate surface area is 139 Å². The number of aliphatic hydroxyl groups is 2. The van der Waals surface area contributed by atoms with Gasteiger partial charge < -0.3 is 20.6 Å². The summed E-state index contributed by atoms with van der Waals surface area (Å²) < 4.78 is 0.